The summed E-state index contributed by atoms with van der Waals surface area (Å²) in [5.74, 6) is 0.420. The second-order valence-electron chi connectivity index (χ2n) is 3.75. The third-order valence-electron chi connectivity index (χ3n) is 2.60. The lowest BCUT2D eigenvalue weighted by molar-refractivity contribution is -0.118. The maximum Gasteiger partial charge on any atom is 0.345 e. The molecule has 0 fully saturated rings. The van der Waals surface area contributed by atoms with Crippen molar-refractivity contribution in [1.82, 2.24) is 14.3 Å². The summed E-state index contributed by atoms with van der Waals surface area (Å²) in [5, 5.41) is 4.18. The standard InChI is InChI=1S/C9H14N4O2/c10-7(14)4-6-13-9(15)12-5-2-1-3-8(12)11-13/h1-6H2,(H2,10,14). The summed E-state index contributed by atoms with van der Waals surface area (Å²) < 4.78 is 3.02. The number of aromatic nitrogens is 3. The fourth-order valence-electron chi connectivity index (χ4n) is 1.81. The molecule has 0 saturated heterocycles. The van der Waals surface area contributed by atoms with E-state index in [1.54, 1.807) is 4.57 Å². The molecule has 2 heterocycles. The number of rotatable bonds is 3. The molecule has 1 aromatic rings. The molecule has 0 aromatic carbocycles. The number of amides is 1. The molecule has 1 amide bonds. The van der Waals surface area contributed by atoms with Gasteiger partial charge in [0.25, 0.3) is 0 Å². The van der Waals surface area contributed by atoms with Gasteiger partial charge in [-0.25, -0.2) is 9.48 Å². The van der Waals surface area contributed by atoms with Crippen molar-refractivity contribution in [3.05, 3.63) is 16.3 Å². The van der Waals surface area contributed by atoms with Crippen LogP contribution < -0.4 is 11.4 Å². The van der Waals surface area contributed by atoms with Gasteiger partial charge in [0.15, 0.2) is 0 Å². The van der Waals surface area contributed by atoms with Crippen molar-refractivity contribution in [1.29, 1.82) is 0 Å². The first-order valence-electron chi connectivity index (χ1n) is 5.13. The highest BCUT2D eigenvalue weighted by Gasteiger charge is 2.16. The molecule has 6 heteroatoms. The van der Waals surface area contributed by atoms with Crippen molar-refractivity contribution in [2.24, 2.45) is 5.73 Å². The second-order valence-corrected chi connectivity index (χ2v) is 3.75. The number of carbonyl (C=O) groups excluding carboxylic acids is 1. The highest BCUT2D eigenvalue weighted by Crippen LogP contribution is 2.09. The molecule has 0 radical (unpaired) electrons. The van der Waals surface area contributed by atoms with E-state index in [2.05, 4.69) is 5.10 Å². The zero-order valence-corrected chi connectivity index (χ0v) is 8.48. The van der Waals surface area contributed by atoms with Crippen LogP contribution in [-0.2, 0) is 24.3 Å². The van der Waals surface area contributed by atoms with Gasteiger partial charge in [-0.3, -0.25) is 9.36 Å². The maximum atomic E-state index is 11.7. The van der Waals surface area contributed by atoms with E-state index >= 15 is 0 Å². The zero-order chi connectivity index (χ0) is 10.8. The molecule has 1 aliphatic heterocycles. The molecule has 0 atom stereocenters. The van der Waals surface area contributed by atoms with Crippen molar-refractivity contribution < 1.29 is 4.79 Å². The van der Waals surface area contributed by atoms with Crippen LogP contribution in [0, 0.1) is 0 Å². The Morgan fingerprint density at radius 1 is 1.47 bits per heavy atom. The summed E-state index contributed by atoms with van der Waals surface area (Å²) in [6.45, 7) is 1.03. The number of nitrogens with two attached hydrogens (primary N) is 1. The first-order valence-corrected chi connectivity index (χ1v) is 5.13. The molecule has 2 rings (SSSR count). The molecular weight excluding hydrogens is 196 g/mol. The molecule has 0 spiro atoms. The second kappa shape index (κ2) is 3.88. The Kier molecular flexibility index (Phi) is 2.57. The van der Waals surface area contributed by atoms with Gasteiger partial charge in [0.1, 0.15) is 5.82 Å². The lowest BCUT2D eigenvalue weighted by Crippen LogP contribution is -2.28. The van der Waals surface area contributed by atoms with Crippen molar-refractivity contribution in [3.8, 4) is 0 Å². The topological polar surface area (TPSA) is 82.9 Å². The number of fused-ring (bicyclic) bond motifs is 1. The summed E-state index contributed by atoms with van der Waals surface area (Å²) >= 11 is 0. The first kappa shape index (κ1) is 9.95. The third kappa shape index (κ3) is 1.93. The van der Waals surface area contributed by atoms with Gasteiger partial charge in [-0.15, -0.1) is 0 Å². The van der Waals surface area contributed by atoms with Gasteiger partial charge in [0.05, 0.1) is 6.54 Å². The Hall–Kier alpha value is -1.59. The summed E-state index contributed by atoms with van der Waals surface area (Å²) in [4.78, 5) is 22.3. The van der Waals surface area contributed by atoms with Crippen LogP contribution in [0.15, 0.2) is 4.79 Å². The molecule has 1 aliphatic rings. The van der Waals surface area contributed by atoms with Crippen molar-refractivity contribution >= 4 is 5.91 Å². The van der Waals surface area contributed by atoms with E-state index in [4.69, 9.17) is 5.73 Å². The SMILES string of the molecule is NC(=O)CCn1nc2n(c1=O)CCCC2. The quantitative estimate of drug-likeness (QED) is 0.713. The zero-order valence-electron chi connectivity index (χ0n) is 8.48. The van der Waals surface area contributed by atoms with E-state index in [9.17, 15) is 9.59 Å². The van der Waals surface area contributed by atoms with Gasteiger partial charge in [0.2, 0.25) is 5.91 Å². The van der Waals surface area contributed by atoms with Gasteiger partial charge in [-0.05, 0) is 12.8 Å². The Balaban J connectivity index is 2.22. The molecule has 2 N–H and O–H groups in total. The van der Waals surface area contributed by atoms with E-state index in [1.165, 1.54) is 4.68 Å². The minimum Gasteiger partial charge on any atom is -0.370 e. The molecule has 1 aromatic heterocycles. The predicted octanol–water partition coefficient (Wildman–Crippen LogP) is -0.744. The minimum atomic E-state index is -0.409. The van der Waals surface area contributed by atoms with Crippen molar-refractivity contribution in [2.45, 2.75) is 38.8 Å². The predicted molar refractivity (Wildman–Crippen MR) is 53.2 cm³/mol. The van der Waals surface area contributed by atoms with Crippen LogP contribution in [0.4, 0.5) is 0 Å². The number of hydrogen-bond acceptors (Lipinski definition) is 3. The van der Waals surface area contributed by atoms with Crippen LogP contribution in [0.2, 0.25) is 0 Å². The lowest BCUT2D eigenvalue weighted by atomic mass is 10.2. The summed E-state index contributed by atoms with van der Waals surface area (Å²) in [6, 6.07) is 0. The monoisotopic (exact) mass is 210 g/mol. The van der Waals surface area contributed by atoms with Crippen LogP contribution in [0.1, 0.15) is 25.1 Å². The normalized spacial score (nSPS) is 14.9. The smallest absolute Gasteiger partial charge is 0.345 e. The highest BCUT2D eigenvalue weighted by atomic mass is 16.2. The molecule has 82 valence electrons. The molecule has 15 heavy (non-hydrogen) atoms. The van der Waals surface area contributed by atoms with E-state index in [0.717, 1.165) is 31.6 Å². The Bertz CT molecular complexity index is 432. The van der Waals surface area contributed by atoms with Crippen LogP contribution in [0.25, 0.3) is 0 Å². The Labute approximate surface area is 86.7 Å². The number of nitrogens with zero attached hydrogens (tertiary/aromatic N) is 3. The Morgan fingerprint density at radius 2 is 2.27 bits per heavy atom. The summed E-state index contributed by atoms with van der Waals surface area (Å²) in [7, 11) is 0. The largest absolute Gasteiger partial charge is 0.370 e. The molecule has 6 nitrogen and oxygen atoms in total. The van der Waals surface area contributed by atoms with E-state index < -0.39 is 5.91 Å². The number of hydrogen-bond donors (Lipinski definition) is 1. The van der Waals surface area contributed by atoms with Gasteiger partial charge in [-0.2, -0.15) is 5.10 Å². The van der Waals surface area contributed by atoms with Crippen LogP contribution >= 0.6 is 0 Å². The number of primary amides is 1. The highest BCUT2D eigenvalue weighted by molar-refractivity contribution is 5.73. The van der Waals surface area contributed by atoms with Gasteiger partial charge < -0.3 is 5.73 Å². The van der Waals surface area contributed by atoms with Gasteiger partial charge in [-0.1, -0.05) is 0 Å². The van der Waals surface area contributed by atoms with Crippen molar-refractivity contribution in [3.63, 3.8) is 0 Å². The lowest BCUT2D eigenvalue weighted by Gasteiger charge is -2.09. The minimum absolute atomic E-state index is 0.119. The fourth-order valence-corrected chi connectivity index (χ4v) is 1.81. The third-order valence-corrected chi connectivity index (χ3v) is 2.60. The van der Waals surface area contributed by atoms with Crippen LogP contribution in [0.5, 0.6) is 0 Å². The van der Waals surface area contributed by atoms with Crippen LogP contribution in [-0.4, -0.2) is 20.3 Å². The van der Waals surface area contributed by atoms with Gasteiger partial charge in [0, 0.05) is 19.4 Å². The average Bonchev–Trinajstić information content (AvgIpc) is 2.54. The fraction of sp³-hybridized carbons (Fsp3) is 0.667. The van der Waals surface area contributed by atoms with E-state index in [0.29, 0.717) is 0 Å². The Morgan fingerprint density at radius 3 is 2.93 bits per heavy atom. The summed E-state index contributed by atoms with van der Waals surface area (Å²) in [5.41, 5.74) is 4.90. The average molecular weight is 210 g/mol. The number of aryl methyl sites for hydroxylation is 2. The molecule has 0 saturated carbocycles. The molecule has 0 unspecified atom stereocenters. The van der Waals surface area contributed by atoms with Crippen LogP contribution in [0.3, 0.4) is 0 Å². The summed E-state index contributed by atoms with van der Waals surface area (Å²) in [6.07, 6.45) is 3.11. The van der Waals surface area contributed by atoms with Gasteiger partial charge >= 0.3 is 5.69 Å². The molecular formula is C9H14N4O2. The number of carbonyl (C=O) groups is 1. The van der Waals surface area contributed by atoms with Crippen molar-refractivity contribution in [2.75, 3.05) is 0 Å². The molecule has 0 bridgehead atoms. The molecule has 0 aliphatic carbocycles. The van der Waals surface area contributed by atoms with E-state index in [1.807, 2.05) is 0 Å². The van der Waals surface area contributed by atoms with E-state index in [-0.39, 0.29) is 18.7 Å². The first-order chi connectivity index (χ1) is 7.18. The maximum absolute atomic E-state index is 11.7.